The zero-order valence-corrected chi connectivity index (χ0v) is 17.1. The molecule has 4 heterocycles. The molecular weight excluding hydrogens is 368 g/mol. The van der Waals surface area contributed by atoms with Gasteiger partial charge in [-0.2, -0.15) is 5.10 Å². The van der Waals surface area contributed by atoms with Crippen LogP contribution in [0.5, 0.6) is 0 Å². The summed E-state index contributed by atoms with van der Waals surface area (Å²) in [6.45, 7) is 7.63. The van der Waals surface area contributed by atoms with Crippen LogP contribution in [-0.2, 0) is 11.3 Å². The molecule has 0 aliphatic carbocycles. The van der Waals surface area contributed by atoms with Crippen LogP contribution in [0.25, 0.3) is 5.65 Å². The maximum Gasteiger partial charge on any atom is 0.274 e. The molecule has 0 radical (unpaired) electrons. The number of fused-ring (bicyclic) bond motifs is 1. The molecule has 8 heteroatoms. The van der Waals surface area contributed by atoms with Crippen molar-refractivity contribution >= 4 is 23.3 Å². The first kappa shape index (κ1) is 19.2. The molecule has 1 atom stereocenters. The van der Waals surface area contributed by atoms with Gasteiger partial charge in [-0.25, -0.2) is 4.98 Å². The highest BCUT2D eigenvalue weighted by Gasteiger charge is 2.40. The van der Waals surface area contributed by atoms with Gasteiger partial charge in [0.25, 0.3) is 5.91 Å². The molecule has 0 bridgehead atoms. The second kappa shape index (κ2) is 7.35. The van der Waals surface area contributed by atoms with Crippen LogP contribution >= 0.6 is 0 Å². The van der Waals surface area contributed by atoms with Crippen molar-refractivity contribution in [2.75, 3.05) is 18.4 Å². The Hall–Kier alpha value is -3.16. The Bertz CT molecular complexity index is 1070. The first-order valence-corrected chi connectivity index (χ1v) is 9.97. The number of nitrogens with zero attached hydrogens (tertiary/aromatic N) is 5. The highest BCUT2D eigenvalue weighted by molar-refractivity contribution is 5.96. The molecule has 2 amide bonds. The minimum Gasteiger partial charge on any atom is -0.336 e. The number of pyridine rings is 1. The van der Waals surface area contributed by atoms with Crippen LogP contribution in [0, 0.1) is 12.3 Å². The van der Waals surface area contributed by atoms with Gasteiger partial charge in [-0.1, -0.05) is 6.07 Å². The number of hydrogen-bond donors (Lipinski definition) is 1. The van der Waals surface area contributed by atoms with E-state index in [9.17, 15) is 9.59 Å². The van der Waals surface area contributed by atoms with Crippen molar-refractivity contribution in [1.29, 1.82) is 0 Å². The third kappa shape index (κ3) is 3.74. The van der Waals surface area contributed by atoms with Crippen molar-refractivity contribution < 1.29 is 9.59 Å². The van der Waals surface area contributed by atoms with Crippen molar-refractivity contribution in [3.05, 3.63) is 48.0 Å². The summed E-state index contributed by atoms with van der Waals surface area (Å²) in [6.07, 6.45) is 7.03. The van der Waals surface area contributed by atoms with Crippen LogP contribution in [0.2, 0.25) is 0 Å². The summed E-state index contributed by atoms with van der Waals surface area (Å²) in [5, 5.41) is 7.22. The Balaban J connectivity index is 1.49. The number of amides is 2. The van der Waals surface area contributed by atoms with Crippen molar-refractivity contribution in [1.82, 2.24) is 24.1 Å². The monoisotopic (exact) mass is 394 g/mol. The average Bonchev–Trinajstić information content (AvgIpc) is 3.33. The molecular formula is C21H26N6O2. The third-order valence-corrected chi connectivity index (χ3v) is 5.56. The van der Waals surface area contributed by atoms with Crippen LogP contribution < -0.4 is 5.32 Å². The van der Waals surface area contributed by atoms with Crippen molar-refractivity contribution in [2.45, 2.75) is 40.2 Å². The molecule has 3 aromatic heterocycles. The number of aromatic nitrogens is 4. The van der Waals surface area contributed by atoms with Crippen molar-refractivity contribution in [2.24, 2.45) is 5.41 Å². The summed E-state index contributed by atoms with van der Waals surface area (Å²) in [5.74, 6) is 0.291. The lowest BCUT2D eigenvalue weighted by Gasteiger charge is -2.38. The number of hydrogen-bond acceptors (Lipinski definition) is 4. The first-order valence-electron chi connectivity index (χ1n) is 9.97. The van der Waals surface area contributed by atoms with E-state index in [0.717, 1.165) is 30.6 Å². The second-order valence-electron chi connectivity index (χ2n) is 8.00. The Morgan fingerprint density at radius 1 is 1.24 bits per heavy atom. The minimum atomic E-state index is -0.667. The fourth-order valence-electron chi connectivity index (χ4n) is 3.84. The SMILES string of the molecule is CCn1ccc(NC(=O)C2(C)CCCN(C(=O)c3cn4cc(C)ccc4n3)C2)n1. The van der Waals surface area contributed by atoms with E-state index < -0.39 is 5.41 Å². The van der Waals surface area contributed by atoms with Gasteiger partial charge in [-0.15, -0.1) is 0 Å². The lowest BCUT2D eigenvalue weighted by Crippen LogP contribution is -2.50. The number of likely N-dealkylation sites (tertiary alicyclic amines) is 1. The maximum atomic E-state index is 13.1. The zero-order chi connectivity index (χ0) is 20.6. The van der Waals surface area contributed by atoms with E-state index in [1.165, 1.54) is 0 Å². The van der Waals surface area contributed by atoms with Gasteiger partial charge in [0.05, 0.1) is 5.41 Å². The smallest absolute Gasteiger partial charge is 0.274 e. The molecule has 1 fully saturated rings. The van der Waals surface area contributed by atoms with Gasteiger partial charge in [0.15, 0.2) is 5.82 Å². The van der Waals surface area contributed by atoms with Crippen molar-refractivity contribution in [3.63, 3.8) is 0 Å². The molecule has 1 saturated heterocycles. The summed E-state index contributed by atoms with van der Waals surface area (Å²) in [7, 11) is 0. The van der Waals surface area contributed by atoms with Crippen LogP contribution in [-0.4, -0.2) is 49.0 Å². The summed E-state index contributed by atoms with van der Waals surface area (Å²) in [6, 6.07) is 5.66. The maximum absolute atomic E-state index is 13.1. The van der Waals surface area contributed by atoms with Crippen LogP contribution in [0.15, 0.2) is 36.8 Å². The number of carbonyl (C=O) groups is 2. The largest absolute Gasteiger partial charge is 0.336 e. The predicted molar refractivity (Wildman–Crippen MR) is 110 cm³/mol. The van der Waals surface area contributed by atoms with Gasteiger partial charge in [0, 0.05) is 44.3 Å². The quantitative estimate of drug-likeness (QED) is 0.737. The Morgan fingerprint density at radius 3 is 2.83 bits per heavy atom. The Kier molecular flexibility index (Phi) is 4.86. The number of rotatable bonds is 4. The highest BCUT2D eigenvalue weighted by Crippen LogP contribution is 2.31. The standard InChI is InChI=1S/C21H26N6O2/c1-4-27-11-8-17(24-27)23-20(29)21(3)9-5-10-25(14-21)19(28)16-13-26-12-15(2)6-7-18(26)22-16/h6-8,11-13H,4-5,9-10,14H2,1-3H3,(H,23,24,29). The number of imidazole rings is 1. The average molecular weight is 394 g/mol. The molecule has 0 spiro atoms. The van der Waals surface area contributed by atoms with E-state index in [1.807, 2.05) is 49.7 Å². The van der Waals surface area contributed by atoms with Crippen LogP contribution in [0.4, 0.5) is 5.82 Å². The predicted octanol–water partition coefficient (Wildman–Crippen LogP) is 2.74. The van der Waals surface area contributed by atoms with Crippen LogP contribution in [0.3, 0.4) is 0 Å². The van der Waals surface area contributed by atoms with Gasteiger partial charge in [-0.3, -0.25) is 14.3 Å². The lowest BCUT2D eigenvalue weighted by molar-refractivity contribution is -0.127. The van der Waals surface area contributed by atoms with E-state index in [0.29, 0.717) is 24.6 Å². The highest BCUT2D eigenvalue weighted by atomic mass is 16.2. The second-order valence-corrected chi connectivity index (χ2v) is 8.00. The van der Waals surface area contributed by atoms with Gasteiger partial charge in [0.2, 0.25) is 5.91 Å². The molecule has 1 aliphatic rings. The number of carbonyl (C=O) groups excluding carboxylic acids is 2. The molecule has 1 N–H and O–H groups in total. The third-order valence-electron chi connectivity index (χ3n) is 5.56. The minimum absolute atomic E-state index is 0.109. The zero-order valence-electron chi connectivity index (χ0n) is 17.1. The van der Waals surface area contributed by atoms with Gasteiger partial charge < -0.3 is 14.6 Å². The van der Waals surface area contributed by atoms with Crippen molar-refractivity contribution in [3.8, 4) is 0 Å². The topological polar surface area (TPSA) is 84.5 Å². The summed E-state index contributed by atoms with van der Waals surface area (Å²) in [4.78, 5) is 32.2. The molecule has 29 heavy (non-hydrogen) atoms. The molecule has 1 unspecified atom stereocenters. The normalized spacial score (nSPS) is 19.5. The van der Waals surface area contributed by atoms with E-state index in [2.05, 4.69) is 15.4 Å². The summed E-state index contributed by atoms with van der Waals surface area (Å²) < 4.78 is 3.63. The molecule has 8 nitrogen and oxygen atoms in total. The molecule has 1 aliphatic heterocycles. The van der Waals surface area contributed by atoms with E-state index in [1.54, 1.807) is 21.8 Å². The van der Waals surface area contributed by atoms with Gasteiger partial charge >= 0.3 is 0 Å². The Labute approximate surface area is 169 Å². The number of piperidine rings is 1. The van der Waals surface area contributed by atoms with Crippen LogP contribution in [0.1, 0.15) is 42.7 Å². The van der Waals surface area contributed by atoms with E-state index in [4.69, 9.17) is 0 Å². The fraction of sp³-hybridized carbons (Fsp3) is 0.429. The fourth-order valence-corrected chi connectivity index (χ4v) is 3.84. The molecule has 0 saturated carbocycles. The molecule has 3 aromatic rings. The van der Waals surface area contributed by atoms with E-state index in [-0.39, 0.29) is 11.8 Å². The van der Waals surface area contributed by atoms with E-state index >= 15 is 0 Å². The number of nitrogens with one attached hydrogen (secondary N) is 1. The molecule has 0 aromatic carbocycles. The Morgan fingerprint density at radius 2 is 2.07 bits per heavy atom. The van der Waals surface area contributed by atoms with Gasteiger partial charge in [0.1, 0.15) is 11.3 Å². The first-order chi connectivity index (χ1) is 13.9. The van der Waals surface area contributed by atoms with Gasteiger partial charge in [-0.05, 0) is 45.2 Å². The summed E-state index contributed by atoms with van der Waals surface area (Å²) in [5.41, 5.74) is 1.58. The lowest BCUT2D eigenvalue weighted by atomic mass is 9.81. The molecule has 4 rings (SSSR count). The number of aryl methyl sites for hydroxylation is 2. The number of anilines is 1. The molecule has 152 valence electrons. The summed E-state index contributed by atoms with van der Waals surface area (Å²) >= 11 is 0.